The van der Waals surface area contributed by atoms with Crippen LogP contribution in [0, 0.1) is 17.1 Å². The zero-order chi connectivity index (χ0) is 15.6. The Hall–Kier alpha value is -1.85. The predicted molar refractivity (Wildman–Crippen MR) is 81.0 cm³/mol. The average Bonchev–Trinajstić information content (AvgIpc) is 2.48. The first kappa shape index (κ1) is 15.5. The van der Waals surface area contributed by atoms with Crippen molar-refractivity contribution < 1.29 is 9.13 Å². The van der Waals surface area contributed by atoms with Crippen LogP contribution < -0.4 is 10.3 Å². The minimum atomic E-state index is -0.619. The van der Waals surface area contributed by atoms with Crippen LogP contribution in [0.5, 0.6) is 5.75 Å². The van der Waals surface area contributed by atoms with Gasteiger partial charge in [-0.15, -0.1) is 0 Å². The van der Waals surface area contributed by atoms with Crippen molar-refractivity contribution in [1.82, 2.24) is 9.97 Å². The highest BCUT2D eigenvalue weighted by Gasteiger charge is 2.20. The lowest BCUT2D eigenvalue weighted by Gasteiger charge is -2.11. The zero-order valence-corrected chi connectivity index (χ0v) is 13.4. The van der Waals surface area contributed by atoms with Gasteiger partial charge in [0.1, 0.15) is 17.3 Å². The van der Waals surface area contributed by atoms with Crippen molar-refractivity contribution in [2.75, 3.05) is 13.4 Å². The number of hydrogen-bond acceptors (Lipinski definition) is 5. The number of nitrogens with one attached hydrogen (secondary N) is 1. The molecule has 0 aliphatic carbocycles. The number of rotatable bonds is 3. The van der Waals surface area contributed by atoms with Crippen molar-refractivity contribution in [3.63, 3.8) is 0 Å². The molecule has 0 atom stereocenters. The minimum absolute atomic E-state index is 0.0778. The first-order valence-electron chi connectivity index (χ1n) is 5.64. The standard InChI is InChI=1S/C13H9BrFN3O2S/c1-20-11-6(3-4-8(14)9(11)15)10-7(5-16)12(19)18-13(17-10)21-2/h3-4H,1-2H3,(H,17,18,19). The smallest absolute Gasteiger partial charge is 0.270 e. The van der Waals surface area contributed by atoms with Crippen LogP contribution in [0.2, 0.25) is 0 Å². The van der Waals surface area contributed by atoms with Crippen LogP contribution in [0.1, 0.15) is 5.56 Å². The van der Waals surface area contributed by atoms with Gasteiger partial charge in [-0.3, -0.25) is 4.79 Å². The molecule has 0 aliphatic heterocycles. The van der Waals surface area contributed by atoms with Crippen LogP contribution >= 0.6 is 27.7 Å². The molecule has 0 spiro atoms. The molecule has 2 rings (SSSR count). The minimum Gasteiger partial charge on any atom is -0.493 e. The third kappa shape index (κ3) is 2.80. The zero-order valence-electron chi connectivity index (χ0n) is 11.0. The third-order valence-corrected chi connectivity index (χ3v) is 3.90. The molecule has 0 saturated heterocycles. The van der Waals surface area contributed by atoms with Gasteiger partial charge in [-0.2, -0.15) is 5.26 Å². The van der Waals surface area contributed by atoms with Gasteiger partial charge >= 0.3 is 0 Å². The summed E-state index contributed by atoms with van der Waals surface area (Å²) in [6.45, 7) is 0. The molecule has 1 aromatic heterocycles. The number of aromatic amines is 1. The summed E-state index contributed by atoms with van der Waals surface area (Å²) in [5.74, 6) is -0.697. The van der Waals surface area contributed by atoms with E-state index in [1.165, 1.54) is 24.9 Å². The van der Waals surface area contributed by atoms with Crippen molar-refractivity contribution >= 4 is 27.7 Å². The number of thioether (sulfide) groups is 1. The van der Waals surface area contributed by atoms with Crippen molar-refractivity contribution in [1.29, 1.82) is 5.26 Å². The van der Waals surface area contributed by atoms with E-state index in [0.717, 1.165) is 0 Å². The Labute approximate surface area is 132 Å². The van der Waals surface area contributed by atoms with Gasteiger partial charge in [-0.25, -0.2) is 9.37 Å². The van der Waals surface area contributed by atoms with Gasteiger partial charge in [0.2, 0.25) is 0 Å². The van der Waals surface area contributed by atoms with Gasteiger partial charge in [-0.05, 0) is 34.3 Å². The normalized spacial score (nSPS) is 10.2. The van der Waals surface area contributed by atoms with Crippen molar-refractivity contribution in [2.24, 2.45) is 0 Å². The summed E-state index contributed by atoms with van der Waals surface area (Å²) < 4.78 is 19.4. The summed E-state index contributed by atoms with van der Waals surface area (Å²) in [6, 6.07) is 4.80. The highest BCUT2D eigenvalue weighted by Crippen LogP contribution is 2.36. The number of nitriles is 1. The number of halogens is 2. The number of hydrogen-bond donors (Lipinski definition) is 1. The van der Waals surface area contributed by atoms with Gasteiger partial charge in [0.15, 0.2) is 16.7 Å². The molecule has 0 bridgehead atoms. The van der Waals surface area contributed by atoms with Crippen LogP contribution in [0.15, 0.2) is 26.6 Å². The molecule has 1 N–H and O–H groups in total. The largest absolute Gasteiger partial charge is 0.493 e. The number of H-pyrrole nitrogens is 1. The lowest BCUT2D eigenvalue weighted by molar-refractivity contribution is 0.387. The lowest BCUT2D eigenvalue weighted by atomic mass is 10.1. The van der Waals surface area contributed by atoms with Crippen molar-refractivity contribution in [3.05, 3.63) is 38.3 Å². The maximum atomic E-state index is 14.1. The highest BCUT2D eigenvalue weighted by molar-refractivity contribution is 9.10. The maximum Gasteiger partial charge on any atom is 0.270 e. The van der Waals surface area contributed by atoms with Crippen LogP contribution in [-0.4, -0.2) is 23.3 Å². The van der Waals surface area contributed by atoms with Gasteiger partial charge in [0, 0.05) is 5.56 Å². The fraction of sp³-hybridized carbons (Fsp3) is 0.154. The molecule has 1 aromatic carbocycles. The Kier molecular flexibility index (Phi) is 4.65. The fourth-order valence-electron chi connectivity index (χ4n) is 1.77. The summed E-state index contributed by atoms with van der Waals surface area (Å²) in [5, 5.41) is 9.48. The molecule has 5 nitrogen and oxygen atoms in total. The molecule has 8 heteroatoms. The van der Waals surface area contributed by atoms with E-state index >= 15 is 0 Å². The predicted octanol–water partition coefficient (Wildman–Crippen LogP) is 2.94. The van der Waals surface area contributed by atoms with E-state index in [0.29, 0.717) is 5.16 Å². The van der Waals surface area contributed by atoms with Crippen molar-refractivity contribution in [2.45, 2.75) is 5.16 Å². The Morgan fingerprint density at radius 1 is 1.52 bits per heavy atom. The van der Waals surface area contributed by atoms with Crippen LogP contribution in [-0.2, 0) is 0 Å². The molecule has 1 heterocycles. The van der Waals surface area contributed by atoms with E-state index < -0.39 is 11.4 Å². The Bertz CT molecular complexity index is 801. The van der Waals surface area contributed by atoms with Crippen LogP contribution in [0.3, 0.4) is 0 Å². The van der Waals surface area contributed by atoms with Crippen LogP contribution in [0.4, 0.5) is 4.39 Å². The quantitative estimate of drug-likeness (QED) is 0.664. The second-order valence-corrected chi connectivity index (χ2v) is 5.50. The van der Waals surface area contributed by atoms with Crippen LogP contribution in [0.25, 0.3) is 11.3 Å². The van der Waals surface area contributed by atoms with E-state index in [4.69, 9.17) is 10.00 Å². The Balaban J connectivity index is 2.85. The molecule has 0 aliphatic rings. The lowest BCUT2D eigenvalue weighted by Crippen LogP contribution is -2.15. The molecule has 0 radical (unpaired) electrons. The topological polar surface area (TPSA) is 78.8 Å². The Morgan fingerprint density at radius 2 is 2.24 bits per heavy atom. The van der Waals surface area contributed by atoms with E-state index in [-0.39, 0.29) is 27.0 Å². The third-order valence-electron chi connectivity index (χ3n) is 2.71. The summed E-state index contributed by atoms with van der Waals surface area (Å²) in [5.41, 5.74) is -0.421. The number of ether oxygens (including phenoxy) is 1. The van der Waals surface area contributed by atoms with Crippen molar-refractivity contribution in [3.8, 4) is 23.1 Å². The maximum absolute atomic E-state index is 14.1. The van der Waals surface area contributed by atoms with E-state index in [9.17, 15) is 9.18 Å². The summed E-state index contributed by atoms with van der Waals surface area (Å²) in [6.07, 6.45) is 1.73. The van der Waals surface area contributed by atoms with Gasteiger partial charge in [0.25, 0.3) is 5.56 Å². The number of nitrogens with zero attached hydrogens (tertiary/aromatic N) is 2. The monoisotopic (exact) mass is 369 g/mol. The van der Waals surface area contributed by atoms with E-state index in [2.05, 4.69) is 25.9 Å². The summed E-state index contributed by atoms with van der Waals surface area (Å²) in [7, 11) is 1.31. The molecule has 0 unspecified atom stereocenters. The van der Waals surface area contributed by atoms with Gasteiger partial charge in [-0.1, -0.05) is 11.8 Å². The summed E-state index contributed by atoms with van der Waals surface area (Å²) >= 11 is 4.27. The second-order valence-electron chi connectivity index (χ2n) is 3.85. The highest BCUT2D eigenvalue weighted by atomic mass is 79.9. The summed E-state index contributed by atoms with van der Waals surface area (Å²) in [4.78, 5) is 18.6. The SMILES string of the molecule is COc1c(-c2nc(SC)[nH]c(=O)c2C#N)ccc(Br)c1F. The molecular weight excluding hydrogens is 361 g/mol. The molecule has 21 heavy (non-hydrogen) atoms. The van der Waals surface area contributed by atoms with E-state index in [1.807, 2.05) is 0 Å². The molecule has 0 saturated carbocycles. The molecular formula is C13H9BrFN3O2S. The molecule has 0 fully saturated rings. The van der Waals surface area contributed by atoms with Gasteiger partial charge in [0.05, 0.1) is 11.6 Å². The molecule has 108 valence electrons. The number of methoxy groups -OCH3 is 1. The Morgan fingerprint density at radius 3 is 2.81 bits per heavy atom. The number of aromatic nitrogens is 2. The van der Waals surface area contributed by atoms with E-state index in [1.54, 1.807) is 18.4 Å². The first-order chi connectivity index (χ1) is 10.0. The molecule has 2 aromatic rings. The first-order valence-corrected chi connectivity index (χ1v) is 7.66. The average molecular weight is 370 g/mol. The molecule has 0 amide bonds. The van der Waals surface area contributed by atoms with Gasteiger partial charge < -0.3 is 9.72 Å². The second kappa shape index (κ2) is 6.28. The number of benzene rings is 1. The fourth-order valence-corrected chi connectivity index (χ4v) is 2.46.